The zero-order valence-electron chi connectivity index (χ0n) is 13.0. The minimum Gasteiger partial charge on any atom is -0.353 e. The van der Waals surface area contributed by atoms with Gasteiger partial charge in [-0.2, -0.15) is 0 Å². The maximum Gasteiger partial charge on any atom is 0.243 e. The minimum atomic E-state index is -0.151. The van der Waals surface area contributed by atoms with Crippen LogP contribution in [0, 0.1) is 12.3 Å². The Labute approximate surface area is 154 Å². The van der Waals surface area contributed by atoms with Gasteiger partial charge in [-0.3, -0.25) is 9.79 Å². The number of aliphatic imine (C=N–C) groups is 1. The molecule has 0 unspecified atom stereocenters. The van der Waals surface area contributed by atoms with E-state index in [-0.39, 0.29) is 36.4 Å². The van der Waals surface area contributed by atoms with Gasteiger partial charge in [0.15, 0.2) is 5.96 Å². The topological polar surface area (TPSA) is 65.5 Å². The average Bonchev–Trinajstić information content (AvgIpc) is 3.04. The maximum absolute atomic E-state index is 11.9. The van der Waals surface area contributed by atoms with Gasteiger partial charge in [0.25, 0.3) is 0 Å². The summed E-state index contributed by atoms with van der Waals surface area (Å²) in [7, 11) is 1.69. The van der Waals surface area contributed by atoms with E-state index in [0.717, 1.165) is 18.4 Å². The van der Waals surface area contributed by atoms with Gasteiger partial charge in [0, 0.05) is 24.3 Å². The first-order valence-corrected chi connectivity index (χ1v) is 7.20. The summed E-state index contributed by atoms with van der Waals surface area (Å²) in [5.74, 6) is 3.01. The molecule has 1 amide bonds. The molecule has 0 aromatic heterocycles. The van der Waals surface area contributed by atoms with E-state index >= 15 is 0 Å². The van der Waals surface area contributed by atoms with Crippen LogP contribution in [-0.4, -0.2) is 31.5 Å². The van der Waals surface area contributed by atoms with Crippen LogP contribution in [0.2, 0.25) is 0 Å². The standard InChI is InChI=1S/C17H20N4O.HI/c1-3-13-7-6-10-15(11-13)20-16(22)12-19-17(18-2)21-14-8-4-5-9-14;/h1,4-7,10-11,14H,8-9,12H2,2H3,(H,20,22)(H2,18,19,21);1H. The largest absolute Gasteiger partial charge is 0.353 e. The Morgan fingerprint density at radius 1 is 1.39 bits per heavy atom. The Balaban J connectivity index is 0.00000264. The Kier molecular flexibility index (Phi) is 8.19. The number of anilines is 1. The summed E-state index contributed by atoms with van der Waals surface area (Å²) in [5.41, 5.74) is 1.42. The number of hydrogen-bond acceptors (Lipinski definition) is 2. The molecule has 0 bridgehead atoms. The number of benzene rings is 1. The molecule has 0 radical (unpaired) electrons. The Morgan fingerprint density at radius 3 is 2.78 bits per heavy atom. The van der Waals surface area contributed by atoms with Crippen molar-refractivity contribution in [3.8, 4) is 12.3 Å². The van der Waals surface area contributed by atoms with E-state index in [1.807, 2.05) is 12.1 Å². The molecule has 0 aliphatic heterocycles. The van der Waals surface area contributed by atoms with Crippen molar-refractivity contribution in [2.45, 2.75) is 18.9 Å². The molecule has 0 spiro atoms. The van der Waals surface area contributed by atoms with Crippen LogP contribution in [0.5, 0.6) is 0 Å². The Hall–Kier alpha value is -2.01. The second kappa shape index (κ2) is 9.90. The zero-order valence-corrected chi connectivity index (χ0v) is 15.3. The fourth-order valence-corrected chi connectivity index (χ4v) is 2.18. The van der Waals surface area contributed by atoms with E-state index in [1.165, 1.54) is 0 Å². The predicted molar refractivity (Wildman–Crippen MR) is 105 cm³/mol. The molecule has 0 saturated carbocycles. The van der Waals surface area contributed by atoms with E-state index in [1.54, 1.807) is 19.2 Å². The zero-order chi connectivity index (χ0) is 15.8. The maximum atomic E-state index is 11.9. The molecule has 3 N–H and O–H groups in total. The van der Waals surface area contributed by atoms with Crippen molar-refractivity contribution in [3.05, 3.63) is 42.0 Å². The van der Waals surface area contributed by atoms with Gasteiger partial charge in [-0.15, -0.1) is 30.4 Å². The molecule has 1 aromatic rings. The summed E-state index contributed by atoms with van der Waals surface area (Å²) in [6.07, 6.45) is 11.6. The van der Waals surface area contributed by atoms with Gasteiger partial charge in [-0.1, -0.05) is 24.1 Å². The highest BCUT2D eigenvalue weighted by Crippen LogP contribution is 2.09. The summed E-state index contributed by atoms with van der Waals surface area (Å²) in [6, 6.07) is 7.54. The quantitative estimate of drug-likeness (QED) is 0.228. The van der Waals surface area contributed by atoms with Crippen LogP contribution in [0.1, 0.15) is 18.4 Å². The van der Waals surface area contributed by atoms with Crippen molar-refractivity contribution in [1.29, 1.82) is 0 Å². The molecule has 23 heavy (non-hydrogen) atoms. The van der Waals surface area contributed by atoms with Crippen LogP contribution >= 0.6 is 24.0 Å². The van der Waals surface area contributed by atoms with E-state index in [2.05, 4.69) is 39.0 Å². The Bertz CT molecular complexity index is 626. The van der Waals surface area contributed by atoms with Gasteiger partial charge in [0.05, 0.1) is 6.54 Å². The summed E-state index contributed by atoms with van der Waals surface area (Å²) in [6.45, 7) is 0.139. The smallest absolute Gasteiger partial charge is 0.243 e. The molecule has 1 aromatic carbocycles. The number of carbonyl (C=O) groups excluding carboxylic acids is 1. The lowest BCUT2D eigenvalue weighted by molar-refractivity contribution is -0.115. The molecule has 1 aliphatic rings. The van der Waals surface area contributed by atoms with Crippen LogP contribution in [0.25, 0.3) is 0 Å². The van der Waals surface area contributed by atoms with Gasteiger partial charge >= 0.3 is 0 Å². The second-order valence-electron chi connectivity index (χ2n) is 4.98. The number of guanidine groups is 1. The molecular formula is C17H21IN4O. The third-order valence-electron chi connectivity index (χ3n) is 3.30. The third-order valence-corrected chi connectivity index (χ3v) is 3.30. The summed E-state index contributed by atoms with van der Waals surface area (Å²) >= 11 is 0. The first kappa shape index (κ1) is 19.0. The van der Waals surface area contributed by atoms with Crippen molar-refractivity contribution in [2.75, 3.05) is 18.9 Å². The predicted octanol–water partition coefficient (Wildman–Crippen LogP) is 2.11. The normalized spacial score (nSPS) is 13.8. The molecule has 6 heteroatoms. The molecule has 1 aliphatic carbocycles. The van der Waals surface area contributed by atoms with Crippen LogP contribution in [-0.2, 0) is 4.79 Å². The fraction of sp³-hybridized carbons (Fsp3) is 0.294. The first-order chi connectivity index (χ1) is 10.7. The number of rotatable bonds is 4. The number of carbonyl (C=O) groups is 1. The van der Waals surface area contributed by atoms with Crippen LogP contribution in [0.15, 0.2) is 41.4 Å². The van der Waals surface area contributed by atoms with Gasteiger partial charge < -0.3 is 16.0 Å². The number of terminal acetylenes is 1. The number of nitrogens with zero attached hydrogens (tertiary/aromatic N) is 1. The lowest BCUT2D eigenvalue weighted by Gasteiger charge is -2.16. The highest BCUT2D eigenvalue weighted by molar-refractivity contribution is 14.0. The van der Waals surface area contributed by atoms with Gasteiger partial charge in [-0.05, 0) is 31.0 Å². The monoisotopic (exact) mass is 424 g/mol. The highest BCUT2D eigenvalue weighted by atomic mass is 127. The molecule has 0 atom stereocenters. The number of halogens is 1. The average molecular weight is 424 g/mol. The summed E-state index contributed by atoms with van der Waals surface area (Å²) in [5, 5.41) is 9.07. The van der Waals surface area contributed by atoms with Gasteiger partial charge in [-0.25, -0.2) is 0 Å². The van der Waals surface area contributed by atoms with Gasteiger partial charge in [0.2, 0.25) is 5.91 Å². The number of nitrogens with one attached hydrogen (secondary N) is 3. The minimum absolute atomic E-state index is 0. The number of hydrogen-bond donors (Lipinski definition) is 3. The van der Waals surface area contributed by atoms with E-state index < -0.39 is 0 Å². The third kappa shape index (κ3) is 6.32. The van der Waals surface area contributed by atoms with E-state index in [9.17, 15) is 4.79 Å². The molecule has 0 saturated heterocycles. The SMILES string of the molecule is C#Cc1cccc(NC(=O)CNC(=NC)NC2CC=CC2)c1.I. The molecule has 122 valence electrons. The van der Waals surface area contributed by atoms with Crippen molar-refractivity contribution in [1.82, 2.24) is 10.6 Å². The fourth-order valence-electron chi connectivity index (χ4n) is 2.18. The molecule has 2 rings (SSSR count). The highest BCUT2D eigenvalue weighted by Gasteiger charge is 2.12. The molecule has 0 fully saturated rings. The lowest BCUT2D eigenvalue weighted by atomic mass is 10.2. The first-order valence-electron chi connectivity index (χ1n) is 7.20. The van der Waals surface area contributed by atoms with E-state index in [4.69, 9.17) is 6.42 Å². The van der Waals surface area contributed by atoms with Crippen LogP contribution < -0.4 is 16.0 Å². The lowest BCUT2D eigenvalue weighted by Crippen LogP contribution is -2.45. The van der Waals surface area contributed by atoms with Crippen molar-refractivity contribution in [3.63, 3.8) is 0 Å². The summed E-state index contributed by atoms with van der Waals surface area (Å²) < 4.78 is 0. The van der Waals surface area contributed by atoms with Crippen LogP contribution in [0.3, 0.4) is 0 Å². The van der Waals surface area contributed by atoms with Crippen molar-refractivity contribution < 1.29 is 4.79 Å². The molecule has 0 heterocycles. The van der Waals surface area contributed by atoms with E-state index in [0.29, 0.717) is 17.7 Å². The molecular weight excluding hydrogens is 403 g/mol. The Morgan fingerprint density at radius 2 is 2.13 bits per heavy atom. The number of amides is 1. The second-order valence-corrected chi connectivity index (χ2v) is 4.98. The van der Waals surface area contributed by atoms with Crippen LogP contribution in [0.4, 0.5) is 5.69 Å². The summed E-state index contributed by atoms with van der Waals surface area (Å²) in [4.78, 5) is 16.1. The van der Waals surface area contributed by atoms with Crippen molar-refractivity contribution in [2.24, 2.45) is 4.99 Å². The van der Waals surface area contributed by atoms with Crippen molar-refractivity contribution >= 4 is 41.5 Å². The molecule has 5 nitrogen and oxygen atoms in total. The van der Waals surface area contributed by atoms with Gasteiger partial charge in [0.1, 0.15) is 0 Å².